The molecule has 9 heteroatoms. The molecule has 3 aliphatic rings. The first kappa shape index (κ1) is 22.3. The second-order valence-electron chi connectivity index (χ2n) is 8.53. The number of aliphatic imine (C=N–C) groups is 1. The zero-order valence-electron chi connectivity index (χ0n) is 19.4. The Labute approximate surface area is 213 Å². The van der Waals surface area contributed by atoms with Crippen molar-refractivity contribution < 1.29 is 14.3 Å². The summed E-state index contributed by atoms with van der Waals surface area (Å²) < 4.78 is 12.9. The van der Waals surface area contributed by atoms with Crippen molar-refractivity contribution in [3.05, 3.63) is 119 Å². The van der Waals surface area contributed by atoms with Gasteiger partial charge in [0.15, 0.2) is 17.3 Å². The molecule has 0 unspecified atom stereocenters. The van der Waals surface area contributed by atoms with E-state index in [9.17, 15) is 4.79 Å². The van der Waals surface area contributed by atoms with Crippen LogP contribution in [-0.4, -0.2) is 28.3 Å². The van der Waals surface area contributed by atoms with Crippen LogP contribution >= 0.6 is 12.6 Å². The number of nitrogens with zero attached hydrogens (tertiary/aromatic N) is 3. The zero-order valence-corrected chi connectivity index (χ0v) is 20.3. The number of ether oxygens (including phenoxy) is 2. The maximum Gasteiger partial charge on any atom is 0.305 e. The third kappa shape index (κ3) is 3.88. The fraction of sp³-hybridized carbons (Fsp3) is 0.111. The van der Waals surface area contributed by atoms with Gasteiger partial charge in [-0.1, -0.05) is 60.7 Å². The van der Waals surface area contributed by atoms with Gasteiger partial charge in [-0.25, -0.2) is 10.0 Å². The van der Waals surface area contributed by atoms with Crippen LogP contribution < -0.4 is 20.3 Å². The zero-order chi connectivity index (χ0) is 24.7. The molecule has 0 radical (unpaired) electrons. The summed E-state index contributed by atoms with van der Waals surface area (Å²) >= 11 is 4.47. The van der Waals surface area contributed by atoms with Gasteiger partial charge in [-0.05, 0) is 31.2 Å². The average molecular weight is 498 g/mol. The minimum Gasteiger partial charge on any atom is -0.440 e. The molecule has 8 nitrogen and oxygen atoms in total. The standard InChI is InChI=1S/C27H23N5O3S/c1-18-14-25(36)32-24(29-18)16-31(30-32)17-28-26(33)19-12-13-22-23(15-19)35-27(34-22,20-8-4-2-5-9-20)21-10-6-3-7-11-21/h2-16,30,36H,17H2,1H3,(H,28,33). The molecule has 0 spiro atoms. The van der Waals surface area contributed by atoms with Crippen molar-refractivity contribution in [3.8, 4) is 11.5 Å². The van der Waals surface area contributed by atoms with Gasteiger partial charge in [0.05, 0.1) is 11.2 Å². The lowest BCUT2D eigenvalue weighted by atomic mass is 9.97. The van der Waals surface area contributed by atoms with Gasteiger partial charge in [-0.2, -0.15) is 0 Å². The number of rotatable bonds is 5. The van der Waals surface area contributed by atoms with Gasteiger partial charge in [0, 0.05) is 22.4 Å². The summed E-state index contributed by atoms with van der Waals surface area (Å²) in [5.74, 6) is 0.403. The molecule has 3 aliphatic heterocycles. The maximum atomic E-state index is 13.0. The molecule has 180 valence electrons. The Bertz CT molecular complexity index is 1380. The fourth-order valence-corrected chi connectivity index (χ4v) is 4.65. The molecule has 3 aromatic carbocycles. The number of benzene rings is 3. The SMILES string of the molecule is CC1=NC2=CN(CNC(=O)c3ccc4c(c3)OC(c3ccccc3)(c3ccccc3)O4)NN2C(S)=C1. The summed E-state index contributed by atoms with van der Waals surface area (Å²) in [5.41, 5.74) is 6.16. The quantitative estimate of drug-likeness (QED) is 0.460. The molecule has 0 aliphatic carbocycles. The minimum absolute atomic E-state index is 0.223. The highest BCUT2D eigenvalue weighted by molar-refractivity contribution is 7.84. The van der Waals surface area contributed by atoms with Crippen molar-refractivity contribution in [3.63, 3.8) is 0 Å². The number of thiol groups is 1. The molecular weight excluding hydrogens is 474 g/mol. The molecule has 0 saturated carbocycles. The molecule has 6 rings (SSSR count). The third-order valence-corrected chi connectivity index (χ3v) is 6.35. The summed E-state index contributed by atoms with van der Waals surface area (Å²) in [5, 5.41) is 7.09. The van der Waals surface area contributed by atoms with Crippen molar-refractivity contribution in [1.82, 2.24) is 20.9 Å². The van der Waals surface area contributed by atoms with E-state index in [4.69, 9.17) is 9.47 Å². The number of fused-ring (bicyclic) bond motifs is 2. The van der Waals surface area contributed by atoms with Crippen molar-refractivity contribution >= 4 is 24.2 Å². The van der Waals surface area contributed by atoms with Gasteiger partial charge >= 0.3 is 5.79 Å². The second-order valence-corrected chi connectivity index (χ2v) is 8.98. The van der Waals surface area contributed by atoms with Gasteiger partial charge in [-0.3, -0.25) is 9.80 Å². The molecule has 0 bridgehead atoms. The molecule has 0 fully saturated rings. The van der Waals surface area contributed by atoms with Crippen LogP contribution in [0.25, 0.3) is 0 Å². The van der Waals surface area contributed by atoms with Crippen LogP contribution in [0.2, 0.25) is 0 Å². The summed E-state index contributed by atoms with van der Waals surface area (Å²) in [6.45, 7) is 2.13. The molecule has 36 heavy (non-hydrogen) atoms. The monoisotopic (exact) mass is 497 g/mol. The number of nitrogens with one attached hydrogen (secondary N) is 2. The minimum atomic E-state index is -1.13. The molecule has 1 amide bonds. The molecule has 2 N–H and O–H groups in total. The number of hydrazine groups is 2. The Morgan fingerprint density at radius 1 is 1.00 bits per heavy atom. The molecule has 0 aromatic heterocycles. The van der Waals surface area contributed by atoms with Crippen LogP contribution in [0.1, 0.15) is 28.4 Å². The largest absolute Gasteiger partial charge is 0.440 e. The second kappa shape index (κ2) is 8.78. The lowest BCUT2D eigenvalue weighted by Gasteiger charge is -2.28. The number of carbonyl (C=O) groups is 1. The normalized spacial score (nSPS) is 17.2. The smallest absolute Gasteiger partial charge is 0.305 e. The van der Waals surface area contributed by atoms with E-state index in [1.165, 1.54) is 0 Å². The summed E-state index contributed by atoms with van der Waals surface area (Å²) in [7, 11) is 0. The molecule has 3 heterocycles. The fourth-order valence-electron chi connectivity index (χ4n) is 4.32. The number of allylic oxidation sites excluding steroid dienone is 1. The van der Waals surface area contributed by atoms with Gasteiger partial charge < -0.3 is 14.8 Å². The number of hydrogen-bond acceptors (Lipinski definition) is 8. The van der Waals surface area contributed by atoms with E-state index in [0.717, 1.165) is 21.9 Å². The molecule has 0 saturated heterocycles. The predicted octanol–water partition coefficient (Wildman–Crippen LogP) is 4.13. The Morgan fingerprint density at radius 2 is 1.67 bits per heavy atom. The van der Waals surface area contributed by atoms with Crippen LogP contribution in [-0.2, 0) is 5.79 Å². The van der Waals surface area contributed by atoms with E-state index in [0.29, 0.717) is 22.9 Å². The Hall–Kier alpha value is -4.21. The van der Waals surface area contributed by atoms with Crippen LogP contribution in [0.3, 0.4) is 0 Å². The van der Waals surface area contributed by atoms with Gasteiger partial charge in [0.1, 0.15) is 6.67 Å². The van der Waals surface area contributed by atoms with Crippen molar-refractivity contribution in [2.24, 2.45) is 4.99 Å². The maximum absolute atomic E-state index is 13.0. The lowest BCUT2D eigenvalue weighted by molar-refractivity contribution is -0.0459. The molecule has 0 atom stereocenters. The highest BCUT2D eigenvalue weighted by Crippen LogP contribution is 2.47. The molecule has 3 aromatic rings. The van der Waals surface area contributed by atoms with E-state index in [2.05, 4.69) is 28.5 Å². The number of hydrogen-bond donors (Lipinski definition) is 3. The molecular formula is C27H23N5O3S. The Morgan fingerprint density at radius 3 is 2.36 bits per heavy atom. The first-order chi connectivity index (χ1) is 17.5. The van der Waals surface area contributed by atoms with Crippen molar-refractivity contribution in [1.29, 1.82) is 0 Å². The van der Waals surface area contributed by atoms with Gasteiger partial charge in [0.2, 0.25) is 0 Å². The predicted molar refractivity (Wildman–Crippen MR) is 139 cm³/mol. The van der Waals surface area contributed by atoms with E-state index in [1.807, 2.05) is 73.7 Å². The van der Waals surface area contributed by atoms with Crippen LogP contribution in [0.15, 0.2) is 107 Å². The van der Waals surface area contributed by atoms with Crippen molar-refractivity contribution in [2.75, 3.05) is 6.67 Å². The Kier molecular flexibility index (Phi) is 5.43. The first-order valence-corrected chi connectivity index (χ1v) is 11.9. The third-order valence-electron chi connectivity index (χ3n) is 6.02. The van der Waals surface area contributed by atoms with Crippen LogP contribution in [0.5, 0.6) is 11.5 Å². The van der Waals surface area contributed by atoms with E-state index >= 15 is 0 Å². The Balaban J connectivity index is 1.20. The highest BCUT2D eigenvalue weighted by Gasteiger charge is 2.45. The summed E-state index contributed by atoms with van der Waals surface area (Å²) in [6, 6.07) is 24.8. The van der Waals surface area contributed by atoms with Gasteiger partial charge in [-0.15, -0.1) is 18.2 Å². The summed E-state index contributed by atoms with van der Waals surface area (Å²) in [6.07, 6.45) is 3.66. The number of carbonyl (C=O) groups excluding carboxylic acids is 1. The lowest BCUT2D eigenvalue weighted by Crippen LogP contribution is -2.45. The van der Waals surface area contributed by atoms with E-state index in [1.54, 1.807) is 34.4 Å². The van der Waals surface area contributed by atoms with E-state index < -0.39 is 5.79 Å². The van der Waals surface area contributed by atoms with Crippen molar-refractivity contribution in [2.45, 2.75) is 12.7 Å². The van der Waals surface area contributed by atoms with Crippen LogP contribution in [0.4, 0.5) is 0 Å². The number of amides is 1. The van der Waals surface area contributed by atoms with Crippen LogP contribution in [0, 0.1) is 0 Å². The first-order valence-electron chi connectivity index (χ1n) is 11.4. The summed E-state index contributed by atoms with van der Waals surface area (Å²) in [4.78, 5) is 17.4. The van der Waals surface area contributed by atoms with E-state index in [-0.39, 0.29) is 12.6 Å². The topological polar surface area (TPSA) is 78.4 Å². The average Bonchev–Trinajstić information content (AvgIpc) is 3.50. The van der Waals surface area contributed by atoms with Gasteiger partial charge in [0.25, 0.3) is 5.91 Å². The highest BCUT2D eigenvalue weighted by atomic mass is 32.1.